The van der Waals surface area contributed by atoms with Crippen molar-refractivity contribution in [1.29, 1.82) is 0 Å². The zero-order valence-electron chi connectivity index (χ0n) is 8.91. The van der Waals surface area contributed by atoms with Gasteiger partial charge in [-0.3, -0.25) is 4.98 Å². The Morgan fingerprint density at radius 3 is 2.81 bits per heavy atom. The molecule has 3 heteroatoms. The average Bonchev–Trinajstić information content (AvgIpc) is 3.11. The van der Waals surface area contributed by atoms with Crippen LogP contribution in [0.4, 0.5) is 0 Å². The maximum absolute atomic E-state index is 5.81. The van der Waals surface area contributed by atoms with E-state index < -0.39 is 0 Å². The third-order valence-corrected chi connectivity index (χ3v) is 3.59. The van der Waals surface area contributed by atoms with Crippen molar-refractivity contribution in [1.82, 2.24) is 4.98 Å². The Labute approximate surface area is 103 Å². The molecule has 3 rings (SSSR count). The molecule has 1 fully saturated rings. The quantitative estimate of drug-likeness (QED) is 0.914. The van der Waals surface area contributed by atoms with E-state index in [4.69, 9.17) is 10.7 Å². The number of hydrogen-bond donors (Lipinski definition) is 1. The molecule has 2 N–H and O–H groups in total. The fourth-order valence-electron chi connectivity index (χ4n) is 2.05. The number of rotatable bonds is 2. The number of nitrogens with zero attached hydrogens (tertiary/aromatic N) is 1. The van der Waals surface area contributed by atoms with Crippen molar-refractivity contribution in [2.45, 2.75) is 25.3 Å². The summed E-state index contributed by atoms with van der Waals surface area (Å²) in [5.41, 5.74) is 9.30. The summed E-state index contributed by atoms with van der Waals surface area (Å²) in [6.45, 7) is 0.579. The summed E-state index contributed by atoms with van der Waals surface area (Å²) in [6.07, 6.45) is 2.55. The number of pyridine rings is 1. The second-order valence-electron chi connectivity index (χ2n) is 4.35. The molecule has 0 radical (unpaired) electrons. The summed E-state index contributed by atoms with van der Waals surface area (Å²) in [5.74, 6) is 0.679. The van der Waals surface area contributed by atoms with Gasteiger partial charge < -0.3 is 5.73 Å². The standard InChI is InChI=1S/C13H13BrN2/c14-10-3-4-12-11(6-10)9(7-15)5-13(16-12)8-1-2-8/h3-6,8H,1-2,7,15H2. The Hall–Kier alpha value is -0.930. The number of hydrogen-bond acceptors (Lipinski definition) is 2. The van der Waals surface area contributed by atoms with Crippen LogP contribution in [0.25, 0.3) is 10.9 Å². The molecule has 0 aliphatic heterocycles. The highest BCUT2D eigenvalue weighted by molar-refractivity contribution is 9.10. The molecule has 0 spiro atoms. The summed E-state index contributed by atoms with van der Waals surface area (Å²) >= 11 is 3.49. The zero-order chi connectivity index (χ0) is 11.1. The molecule has 1 heterocycles. The molecule has 1 aromatic carbocycles. The second-order valence-corrected chi connectivity index (χ2v) is 5.26. The van der Waals surface area contributed by atoms with Crippen LogP contribution >= 0.6 is 15.9 Å². The van der Waals surface area contributed by atoms with Gasteiger partial charge in [-0.25, -0.2) is 0 Å². The van der Waals surface area contributed by atoms with Crippen molar-refractivity contribution < 1.29 is 0 Å². The van der Waals surface area contributed by atoms with Crippen LogP contribution in [0.5, 0.6) is 0 Å². The lowest BCUT2D eigenvalue weighted by Crippen LogP contribution is -2.00. The number of nitrogens with two attached hydrogens (primary N) is 1. The van der Waals surface area contributed by atoms with Crippen molar-refractivity contribution >= 4 is 26.8 Å². The molecule has 0 amide bonds. The molecule has 1 saturated carbocycles. The molecule has 0 atom stereocenters. The van der Waals surface area contributed by atoms with Gasteiger partial charge in [-0.15, -0.1) is 0 Å². The molecule has 1 aliphatic rings. The van der Waals surface area contributed by atoms with Gasteiger partial charge in [0.2, 0.25) is 0 Å². The third-order valence-electron chi connectivity index (χ3n) is 3.09. The average molecular weight is 277 g/mol. The van der Waals surface area contributed by atoms with Gasteiger partial charge in [0.15, 0.2) is 0 Å². The van der Waals surface area contributed by atoms with Crippen molar-refractivity contribution in [3.8, 4) is 0 Å². The monoisotopic (exact) mass is 276 g/mol. The first-order valence-corrected chi connectivity index (χ1v) is 6.36. The lowest BCUT2D eigenvalue weighted by atomic mass is 10.1. The summed E-state index contributed by atoms with van der Waals surface area (Å²) < 4.78 is 1.08. The Morgan fingerprint density at radius 1 is 1.31 bits per heavy atom. The molecular weight excluding hydrogens is 264 g/mol. The smallest absolute Gasteiger partial charge is 0.0709 e. The maximum Gasteiger partial charge on any atom is 0.0709 e. The number of fused-ring (bicyclic) bond motifs is 1. The van der Waals surface area contributed by atoms with Gasteiger partial charge in [-0.2, -0.15) is 0 Å². The van der Waals surface area contributed by atoms with Gasteiger partial charge in [0, 0.05) is 28.0 Å². The van der Waals surface area contributed by atoms with Crippen LogP contribution in [-0.2, 0) is 6.54 Å². The lowest BCUT2D eigenvalue weighted by molar-refractivity contribution is 1.01. The van der Waals surface area contributed by atoms with Crippen LogP contribution in [-0.4, -0.2) is 4.98 Å². The zero-order valence-corrected chi connectivity index (χ0v) is 10.5. The minimum Gasteiger partial charge on any atom is -0.326 e. The van der Waals surface area contributed by atoms with Crippen molar-refractivity contribution in [2.24, 2.45) is 5.73 Å². The Bertz CT molecular complexity index is 547. The van der Waals surface area contributed by atoms with Gasteiger partial charge in [0.25, 0.3) is 0 Å². The van der Waals surface area contributed by atoms with Crippen LogP contribution in [0.2, 0.25) is 0 Å². The third kappa shape index (κ3) is 1.74. The van der Waals surface area contributed by atoms with Gasteiger partial charge in [-0.1, -0.05) is 15.9 Å². The van der Waals surface area contributed by atoms with E-state index in [0.29, 0.717) is 12.5 Å². The highest BCUT2D eigenvalue weighted by Gasteiger charge is 2.25. The molecule has 2 nitrogen and oxygen atoms in total. The van der Waals surface area contributed by atoms with E-state index in [1.807, 2.05) is 6.07 Å². The normalized spacial score (nSPS) is 15.6. The van der Waals surface area contributed by atoms with E-state index in [-0.39, 0.29) is 0 Å². The van der Waals surface area contributed by atoms with Gasteiger partial charge in [-0.05, 0) is 42.7 Å². The van der Waals surface area contributed by atoms with E-state index in [1.54, 1.807) is 0 Å². The lowest BCUT2D eigenvalue weighted by Gasteiger charge is -2.07. The molecule has 1 aliphatic carbocycles. The highest BCUT2D eigenvalue weighted by atomic mass is 79.9. The highest BCUT2D eigenvalue weighted by Crippen LogP contribution is 2.40. The minimum absolute atomic E-state index is 0.579. The Balaban J connectivity index is 2.25. The predicted molar refractivity (Wildman–Crippen MR) is 69.3 cm³/mol. The largest absolute Gasteiger partial charge is 0.326 e. The van der Waals surface area contributed by atoms with Crippen molar-refractivity contribution in [3.05, 3.63) is 40.0 Å². The number of aromatic nitrogens is 1. The van der Waals surface area contributed by atoms with Gasteiger partial charge in [0.05, 0.1) is 5.52 Å². The van der Waals surface area contributed by atoms with Crippen molar-refractivity contribution in [2.75, 3.05) is 0 Å². The number of benzene rings is 1. The van der Waals surface area contributed by atoms with Crippen LogP contribution in [0.3, 0.4) is 0 Å². The summed E-state index contributed by atoms with van der Waals surface area (Å²) in [4.78, 5) is 4.71. The molecule has 0 unspecified atom stereocenters. The van der Waals surface area contributed by atoms with E-state index in [9.17, 15) is 0 Å². The van der Waals surface area contributed by atoms with Gasteiger partial charge >= 0.3 is 0 Å². The fourth-order valence-corrected chi connectivity index (χ4v) is 2.41. The van der Waals surface area contributed by atoms with Crippen molar-refractivity contribution in [3.63, 3.8) is 0 Å². The fraction of sp³-hybridized carbons (Fsp3) is 0.308. The molecule has 0 bridgehead atoms. The molecule has 1 aromatic heterocycles. The second kappa shape index (κ2) is 3.82. The van der Waals surface area contributed by atoms with Crippen LogP contribution in [0.1, 0.15) is 30.0 Å². The van der Waals surface area contributed by atoms with E-state index in [1.165, 1.54) is 29.5 Å². The summed E-state index contributed by atoms with van der Waals surface area (Å²) in [6, 6.07) is 8.37. The van der Waals surface area contributed by atoms with E-state index >= 15 is 0 Å². The Morgan fingerprint density at radius 2 is 2.12 bits per heavy atom. The minimum atomic E-state index is 0.579. The van der Waals surface area contributed by atoms with E-state index in [2.05, 4.69) is 34.1 Å². The first-order valence-electron chi connectivity index (χ1n) is 5.57. The first-order chi connectivity index (χ1) is 7.78. The van der Waals surface area contributed by atoms with E-state index in [0.717, 1.165) is 9.99 Å². The van der Waals surface area contributed by atoms with Crippen LogP contribution in [0.15, 0.2) is 28.7 Å². The first kappa shape index (κ1) is 10.2. The molecule has 2 aromatic rings. The Kier molecular flexibility index (Phi) is 2.45. The summed E-state index contributed by atoms with van der Waals surface area (Å²) in [7, 11) is 0. The number of halogens is 1. The molecule has 0 saturated heterocycles. The predicted octanol–water partition coefficient (Wildman–Crippen LogP) is 3.33. The molecular formula is C13H13BrN2. The van der Waals surface area contributed by atoms with Crippen LogP contribution < -0.4 is 5.73 Å². The molecule has 82 valence electrons. The maximum atomic E-state index is 5.81. The summed E-state index contributed by atoms with van der Waals surface area (Å²) in [5, 5.41) is 1.17. The topological polar surface area (TPSA) is 38.9 Å². The van der Waals surface area contributed by atoms with Gasteiger partial charge in [0.1, 0.15) is 0 Å². The molecule has 16 heavy (non-hydrogen) atoms. The van der Waals surface area contributed by atoms with Crippen LogP contribution in [0, 0.1) is 0 Å². The SMILES string of the molecule is NCc1cc(C2CC2)nc2ccc(Br)cc12.